The number of hydrogen-bond acceptors (Lipinski definition) is 2. The van der Waals surface area contributed by atoms with Gasteiger partial charge in [-0.1, -0.05) is 64.5 Å². The van der Waals surface area contributed by atoms with Crippen LogP contribution in [0.15, 0.2) is 95.5 Å². The van der Waals surface area contributed by atoms with Gasteiger partial charge in [-0.3, -0.25) is 0 Å². The van der Waals surface area contributed by atoms with Crippen LogP contribution in [-0.2, 0) is 9.47 Å². The smallest absolute Gasteiger partial charge is 0.184 e. The molecule has 4 aromatic carbocycles. The summed E-state index contributed by atoms with van der Waals surface area (Å²) in [6.45, 7) is 1.31. The predicted molar refractivity (Wildman–Crippen MR) is 129 cm³/mol. The average molecular weight is 470 g/mol. The van der Waals surface area contributed by atoms with Crippen molar-refractivity contribution in [2.45, 2.75) is 6.29 Å². The fourth-order valence-corrected chi connectivity index (χ4v) is 4.77. The van der Waals surface area contributed by atoms with Crippen molar-refractivity contribution in [3.8, 4) is 16.8 Å². The first-order valence-electron chi connectivity index (χ1n) is 10.4. The Labute approximate surface area is 189 Å². The van der Waals surface area contributed by atoms with Gasteiger partial charge in [0.25, 0.3) is 0 Å². The van der Waals surface area contributed by atoms with E-state index in [2.05, 4.69) is 111 Å². The molecule has 0 spiro atoms. The third-order valence-electron chi connectivity index (χ3n) is 5.88. The number of benzene rings is 4. The average Bonchev–Trinajstić information content (AvgIpc) is 3.46. The number of para-hydroxylation sites is 1. The van der Waals surface area contributed by atoms with Gasteiger partial charge in [0.15, 0.2) is 6.29 Å². The van der Waals surface area contributed by atoms with Crippen LogP contribution in [0.1, 0.15) is 11.9 Å². The number of rotatable bonds is 3. The van der Waals surface area contributed by atoms with Gasteiger partial charge in [0.05, 0.1) is 24.2 Å². The number of ether oxygens (including phenoxy) is 2. The van der Waals surface area contributed by atoms with Crippen LogP contribution in [0.5, 0.6) is 0 Å². The monoisotopic (exact) mass is 469 g/mol. The van der Waals surface area contributed by atoms with Crippen LogP contribution in [0.2, 0.25) is 0 Å². The number of aromatic nitrogens is 1. The Kier molecular flexibility index (Phi) is 4.64. The Morgan fingerprint density at radius 3 is 2.06 bits per heavy atom. The lowest BCUT2D eigenvalue weighted by Crippen LogP contribution is -1.97. The van der Waals surface area contributed by atoms with E-state index in [1.165, 1.54) is 38.6 Å². The summed E-state index contributed by atoms with van der Waals surface area (Å²) in [7, 11) is 0. The maximum absolute atomic E-state index is 5.62. The Balaban J connectivity index is 1.51. The van der Waals surface area contributed by atoms with Crippen molar-refractivity contribution in [1.29, 1.82) is 0 Å². The largest absolute Gasteiger partial charge is 0.346 e. The van der Waals surface area contributed by atoms with Crippen molar-refractivity contribution in [1.82, 2.24) is 4.57 Å². The van der Waals surface area contributed by atoms with Crippen molar-refractivity contribution in [2.75, 3.05) is 13.2 Å². The van der Waals surface area contributed by atoms with Crippen LogP contribution < -0.4 is 0 Å². The summed E-state index contributed by atoms with van der Waals surface area (Å²) < 4.78 is 14.6. The molecule has 152 valence electrons. The number of hydrogen-bond donors (Lipinski definition) is 0. The molecule has 1 fully saturated rings. The normalized spacial score (nSPS) is 14.6. The molecule has 0 saturated carbocycles. The SMILES string of the molecule is Brc1ccc2c(c1)c1cc(-c3ccc(C4OCCO4)cc3)ccc1n2-c1ccccc1. The maximum atomic E-state index is 5.62. The van der Waals surface area contributed by atoms with Crippen LogP contribution in [-0.4, -0.2) is 17.8 Å². The van der Waals surface area contributed by atoms with E-state index in [1.54, 1.807) is 0 Å². The van der Waals surface area contributed by atoms with E-state index in [9.17, 15) is 0 Å². The molecule has 0 unspecified atom stereocenters. The van der Waals surface area contributed by atoms with E-state index in [0.717, 1.165) is 10.0 Å². The van der Waals surface area contributed by atoms with Crippen LogP contribution >= 0.6 is 15.9 Å². The van der Waals surface area contributed by atoms with E-state index in [4.69, 9.17) is 9.47 Å². The topological polar surface area (TPSA) is 23.4 Å². The molecule has 0 amide bonds. The molecule has 4 heteroatoms. The summed E-state index contributed by atoms with van der Waals surface area (Å²) in [6.07, 6.45) is -0.238. The zero-order valence-corrected chi connectivity index (χ0v) is 18.4. The quantitative estimate of drug-likeness (QED) is 0.277. The Bertz CT molecular complexity index is 1380. The third-order valence-corrected chi connectivity index (χ3v) is 6.37. The lowest BCUT2D eigenvalue weighted by Gasteiger charge is -2.10. The highest BCUT2D eigenvalue weighted by Crippen LogP contribution is 2.36. The fraction of sp³-hybridized carbons (Fsp3) is 0.111. The van der Waals surface area contributed by atoms with Crippen LogP contribution in [0.3, 0.4) is 0 Å². The molecule has 0 aliphatic carbocycles. The maximum Gasteiger partial charge on any atom is 0.184 e. The molecule has 1 aliphatic heterocycles. The highest BCUT2D eigenvalue weighted by Gasteiger charge is 2.18. The lowest BCUT2D eigenvalue weighted by molar-refractivity contribution is -0.0441. The van der Waals surface area contributed by atoms with Crippen LogP contribution in [0.25, 0.3) is 38.6 Å². The number of fused-ring (bicyclic) bond motifs is 3. The standard InChI is InChI=1S/C27H20BrNO2/c28-21-11-13-26-24(17-21)23-16-20(10-12-25(23)29(26)22-4-2-1-3-5-22)18-6-8-19(9-7-18)27-30-14-15-31-27/h1-13,16-17,27H,14-15H2. The first kappa shape index (κ1) is 18.8. The summed E-state index contributed by atoms with van der Waals surface area (Å²) in [6, 6.07) is 32.2. The summed E-state index contributed by atoms with van der Waals surface area (Å²) in [5, 5.41) is 2.48. The molecule has 5 aromatic rings. The molecule has 1 aliphatic rings. The molecular formula is C27H20BrNO2. The second-order valence-corrected chi connectivity index (χ2v) is 8.68. The van der Waals surface area contributed by atoms with Gasteiger partial charge in [0.1, 0.15) is 0 Å². The fourth-order valence-electron chi connectivity index (χ4n) is 4.41. The van der Waals surface area contributed by atoms with E-state index >= 15 is 0 Å². The molecular weight excluding hydrogens is 450 g/mol. The predicted octanol–water partition coefficient (Wildman–Crippen LogP) is 7.26. The zero-order chi connectivity index (χ0) is 20.8. The van der Waals surface area contributed by atoms with Gasteiger partial charge in [-0.25, -0.2) is 0 Å². The minimum Gasteiger partial charge on any atom is -0.346 e. The summed E-state index contributed by atoms with van der Waals surface area (Å²) in [5.41, 5.74) is 7.00. The Hall–Kier alpha value is -2.92. The molecule has 6 rings (SSSR count). The molecule has 0 radical (unpaired) electrons. The van der Waals surface area contributed by atoms with Gasteiger partial charge in [-0.2, -0.15) is 0 Å². The van der Waals surface area contributed by atoms with Crippen LogP contribution in [0.4, 0.5) is 0 Å². The molecule has 0 bridgehead atoms. The minimum absolute atomic E-state index is 0.238. The van der Waals surface area contributed by atoms with Gasteiger partial charge in [0.2, 0.25) is 0 Å². The molecule has 31 heavy (non-hydrogen) atoms. The Morgan fingerprint density at radius 1 is 0.677 bits per heavy atom. The van der Waals surface area contributed by atoms with Crippen molar-refractivity contribution in [2.24, 2.45) is 0 Å². The molecule has 0 atom stereocenters. The molecule has 3 nitrogen and oxygen atoms in total. The highest BCUT2D eigenvalue weighted by atomic mass is 79.9. The number of nitrogens with zero attached hydrogens (tertiary/aromatic N) is 1. The van der Waals surface area contributed by atoms with Crippen molar-refractivity contribution in [3.05, 3.63) is 101 Å². The van der Waals surface area contributed by atoms with E-state index < -0.39 is 0 Å². The number of halogens is 1. The van der Waals surface area contributed by atoms with Crippen molar-refractivity contribution < 1.29 is 9.47 Å². The first-order chi connectivity index (χ1) is 15.3. The van der Waals surface area contributed by atoms with Crippen molar-refractivity contribution in [3.63, 3.8) is 0 Å². The van der Waals surface area contributed by atoms with E-state index in [-0.39, 0.29) is 6.29 Å². The van der Waals surface area contributed by atoms with Gasteiger partial charge in [-0.05, 0) is 53.6 Å². The second kappa shape index (κ2) is 7.65. The Morgan fingerprint density at radius 2 is 1.32 bits per heavy atom. The van der Waals surface area contributed by atoms with Gasteiger partial charge in [-0.15, -0.1) is 0 Å². The van der Waals surface area contributed by atoms with E-state index in [0.29, 0.717) is 13.2 Å². The molecule has 0 N–H and O–H groups in total. The van der Waals surface area contributed by atoms with Crippen LogP contribution in [0, 0.1) is 0 Å². The van der Waals surface area contributed by atoms with Gasteiger partial charge in [0, 0.05) is 26.5 Å². The molecule has 2 heterocycles. The van der Waals surface area contributed by atoms with Gasteiger partial charge >= 0.3 is 0 Å². The summed E-state index contributed by atoms with van der Waals surface area (Å²) in [4.78, 5) is 0. The first-order valence-corrected chi connectivity index (χ1v) is 11.2. The zero-order valence-electron chi connectivity index (χ0n) is 16.8. The summed E-state index contributed by atoms with van der Waals surface area (Å²) in [5.74, 6) is 0. The third kappa shape index (κ3) is 3.28. The second-order valence-electron chi connectivity index (χ2n) is 7.76. The molecule has 1 aromatic heterocycles. The highest BCUT2D eigenvalue weighted by molar-refractivity contribution is 9.10. The van der Waals surface area contributed by atoms with E-state index in [1.807, 2.05) is 0 Å². The summed E-state index contributed by atoms with van der Waals surface area (Å²) >= 11 is 3.65. The molecule has 1 saturated heterocycles. The lowest BCUT2D eigenvalue weighted by atomic mass is 10.0. The minimum atomic E-state index is -0.238. The van der Waals surface area contributed by atoms with Gasteiger partial charge < -0.3 is 14.0 Å². The van der Waals surface area contributed by atoms with Crippen molar-refractivity contribution >= 4 is 37.7 Å².